The molecule has 76 valence electrons. The second-order valence-corrected chi connectivity index (χ2v) is 3.91. The molecule has 0 atom stereocenters. The third kappa shape index (κ3) is 1.47. The molecule has 0 amide bonds. The molecule has 0 unspecified atom stereocenters. The number of nitrogens with zero attached hydrogens (tertiary/aromatic N) is 3. The smallest absolute Gasteiger partial charge is 0.226 e. The van der Waals surface area contributed by atoms with E-state index in [1.54, 1.807) is 4.81 Å². The molecule has 0 N–H and O–H groups in total. The molecule has 16 heavy (non-hydrogen) atoms. The van der Waals surface area contributed by atoms with Crippen LogP contribution in [-0.2, 0) is 6.42 Å². The Labute approximate surface area is 95.6 Å². The highest BCUT2D eigenvalue weighted by molar-refractivity contribution is 6.18. The highest BCUT2D eigenvalue weighted by Gasteiger charge is 2.15. The van der Waals surface area contributed by atoms with Gasteiger partial charge in [0, 0.05) is 30.2 Å². The van der Waals surface area contributed by atoms with Crippen molar-refractivity contribution in [3.63, 3.8) is 0 Å². The minimum absolute atomic E-state index is 0.893. The van der Waals surface area contributed by atoms with Gasteiger partial charge < -0.3 is 4.81 Å². The summed E-state index contributed by atoms with van der Waals surface area (Å²) in [5.74, 6) is 0. The van der Waals surface area contributed by atoms with Crippen LogP contribution in [0.4, 0.5) is 5.69 Å². The average molecular weight is 207 g/mol. The predicted molar refractivity (Wildman–Crippen MR) is 64.3 cm³/mol. The second-order valence-electron chi connectivity index (χ2n) is 3.91. The third-order valence-electron chi connectivity index (χ3n) is 2.91. The van der Waals surface area contributed by atoms with Crippen LogP contribution in [0, 0.1) is 0 Å². The van der Waals surface area contributed by atoms with E-state index in [9.17, 15) is 0 Å². The van der Waals surface area contributed by atoms with Gasteiger partial charge in [-0.3, -0.25) is 0 Å². The van der Waals surface area contributed by atoms with Gasteiger partial charge in [-0.1, -0.05) is 12.1 Å². The Morgan fingerprint density at radius 1 is 1.12 bits per heavy atom. The Hall–Kier alpha value is -1.84. The van der Waals surface area contributed by atoms with Crippen molar-refractivity contribution in [2.24, 2.45) is 0 Å². The van der Waals surface area contributed by atoms with Gasteiger partial charge in [0.05, 0.1) is 0 Å². The van der Waals surface area contributed by atoms with Crippen molar-refractivity contribution in [1.29, 1.82) is 0 Å². The Morgan fingerprint density at radius 3 is 2.75 bits per heavy atom. The Morgan fingerprint density at radius 2 is 1.94 bits per heavy atom. The van der Waals surface area contributed by atoms with Crippen LogP contribution in [0.15, 0.2) is 36.9 Å². The molecule has 1 aromatic carbocycles. The van der Waals surface area contributed by atoms with Crippen molar-refractivity contribution < 1.29 is 0 Å². The molecular weight excluding hydrogens is 197 g/mol. The molecule has 0 saturated heterocycles. The molecule has 1 aliphatic rings. The number of rotatable bonds is 1. The van der Waals surface area contributed by atoms with E-state index < -0.39 is 0 Å². The lowest BCUT2D eigenvalue weighted by atomic mass is 10.0. The summed E-state index contributed by atoms with van der Waals surface area (Å²) in [6, 6.07) is 6.32. The van der Waals surface area contributed by atoms with E-state index in [0.29, 0.717) is 0 Å². The van der Waals surface area contributed by atoms with Crippen LogP contribution >= 0.6 is 0 Å². The Bertz CT molecular complexity index is 513. The van der Waals surface area contributed by atoms with E-state index in [-0.39, 0.29) is 0 Å². The van der Waals surface area contributed by atoms with Gasteiger partial charge >= 0.3 is 0 Å². The molecule has 0 fully saturated rings. The van der Waals surface area contributed by atoms with Crippen LogP contribution in [0.2, 0.25) is 0 Å². The normalized spacial score (nSPS) is 13.9. The summed E-state index contributed by atoms with van der Waals surface area (Å²) in [5.41, 5.74) is 4.55. The summed E-state index contributed by atoms with van der Waals surface area (Å²) in [5, 5.41) is 0. The summed E-state index contributed by atoms with van der Waals surface area (Å²) in [6.45, 7) is 0.893. The van der Waals surface area contributed by atoms with Gasteiger partial charge in [0.15, 0.2) is 0 Å². The minimum Gasteiger partial charge on any atom is -0.424 e. The lowest BCUT2D eigenvalue weighted by molar-refractivity contribution is 1.05. The first-order chi connectivity index (χ1) is 7.84. The van der Waals surface area contributed by atoms with E-state index in [1.165, 1.54) is 11.9 Å². The molecule has 2 heterocycles. The molecule has 4 heteroatoms. The van der Waals surface area contributed by atoms with Gasteiger partial charge in [-0.2, -0.15) is 0 Å². The van der Waals surface area contributed by atoms with Gasteiger partial charge in [0.1, 0.15) is 6.33 Å². The number of hydrogen-bond acceptors (Lipinski definition) is 3. The summed E-state index contributed by atoms with van der Waals surface area (Å²) < 4.78 is 0. The highest BCUT2D eigenvalue weighted by Crippen LogP contribution is 2.30. The first-order valence-corrected chi connectivity index (χ1v) is 5.25. The maximum absolute atomic E-state index is 5.90. The molecule has 0 spiro atoms. The highest BCUT2D eigenvalue weighted by atomic mass is 15.1. The molecule has 3 rings (SSSR count). The number of aromatic nitrogens is 2. The van der Waals surface area contributed by atoms with Crippen molar-refractivity contribution >= 4 is 13.7 Å². The molecule has 3 nitrogen and oxygen atoms in total. The predicted octanol–water partition coefficient (Wildman–Crippen LogP) is 1.59. The third-order valence-corrected chi connectivity index (χ3v) is 2.91. The quantitative estimate of drug-likeness (QED) is 0.665. The zero-order valence-corrected chi connectivity index (χ0v) is 8.80. The van der Waals surface area contributed by atoms with Crippen LogP contribution in [0.3, 0.4) is 0 Å². The molecule has 2 aromatic rings. The van der Waals surface area contributed by atoms with E-state index in [2.05, 4.69) is 28.2 Å². The van der Waals surface area contributed by atoms with Crippen LogP contribution in [-0.4, -0.2) is 24.5 Å². The number of hydrogen-bond donors (Lipinski definition) is 0. The van der Waals surface area contributed by atoms with Gasteiger partial charge in [-0.05, 0) is 23.6 Å². The fourth-order valence-corrected chi connectivity index (χ4v) is 2.03. The zero-order chi connectivity index (χ0) is 11.0. The van der Waals surface area contributed by atoms with Crippen molar-refractivity contribution in [1.82, 2.24) is 9.97 Å². The SMILES string of the molecule is [B]N1CCc2ccc(-c3cncnc3)cc21. The topological polar surface area (TPSA) is 29.0 Å². The molecule has 0 saturated carbocycles. The largest absolute Gasteiger partial charge is 0.424 e. The van der Waals surface area contributed by atoms with Gasteiger partial charge in [-0.25, -0.2) is 9.97 Å². The van der Waals surface area contributed by atoms with E-state index in [0.717, 1.165) is 29.8 Å². The summed E-state index contributed by atoms with van der Waals surface area (Å²) in [4.78, 5) is 9.83. The zero-order valence-electron chi connectivity index (χ0n) is 8.80. The first-order valence-electron chi connectivity index (χ1n) is 5.25. The Balaban J connectivity index is 2.08. The standard InChI is InChI=1S/C12H10BN3/c13-16-4-3-9-1-2-10(5-12(9)16)11-6-14-8-15-7-11/h1-2,5-8H,3-4H2. The van der Waals surface area contributed by atoms with Crippen LogP contribution in [0.25, 0.3) is 11.1 Å². The fourth-order valence-electron chi connectivity index (χ4n) is 2.03. The minimum atomic E-state index is 0.893. The lowest BCUT2D eigenvalue weighted by Crippen LogP contribution is -2.14. The maximum Gasteiger partial charge on any atom is 0.226 e. The second kappa shape index (κ2) is 3.63. The van der Waals surface area contributed by atoms with Crippen molar-refractivity contribution in [2.75, 3.05) is 11.4 Å². The van der Waals surface area contributed by atoms with Crippen LogP contribution in [0.5, 0.6) is 0 Å². The van der Waals surface area contributed by atoms with Crippen LogP contribution in [0.1, 0.15) is 5.56 Å². The van der Waals surface area contributed by atoms with Crippen molar-refractivity contribution in [2.45, 2.75) is 6.42 Å². The molecule has 0 bridgehead atoms. The van der Waals surface area contributed by atoms with Gasteiger partial charge in [0.2, 0.25) is 7.98 Å². The van der Waals surface area contributed by atoms with Crippen molar-refractivity contribution in [3.8, 4) is 11.1 Å². The number of fused-ring (bicyclic) bond motifs is 1. The first kappa shape index (κ1) is 9.40. The van der Waals surface area contributed by atoms with E-state index >= 15 is 0 Å². The molecule has 1 aromatic heterocycles. The summed E-state index contributed by atoms with van der Waals surface area (Å²) in [6.07, 6.45) is 6.18. The van der Waals surface area contributed by atoms with E-state index in [1.807, 2.05) is 12.4 Å². The van der Waals surface area contributed by atoms with Crippen molar-refractivity contribution in [3.05, 3.63) is 42.5 Å². The lowest BCUT2D eigenvalue weighted by Gasteiger charge is -2.13. The maximum atomic E-state index is 5.90. The monoisotopic (exact) mass is 207 g/mol. The Kier molecular flexibility index (Phi) is 2.13. The van der Waals surface area contributed by atoms with Gasteiger partial charge in [0.25, 0.3) is 0 Å². The summed E-state index contributed by atoms with van der Waals surface area (Å²) in [7, 11) is 5.90. The molecule has 0 aliphatic carbocycles. The molecular formula is C12H10BN3. The van der Waals surface area contributed by atoms with Crippen LogP contribution < -0.4 is 4.81 Å². The number of anilines is 1. The summed E-state index contributed by atoms with van der Waals surface area (Å²) >= 11 is 0. The molecule has 2 radical (unpaired) electrons. The fraction of sp³-hybridized carbons (Fsp3) is 0.167. The van der Waals surface area contributed by atoms with Gasteiger partial charge in [-0.15, -0.1) is 0 Å². The van der Waals surface area contributed by atoms with E-state index in [4.69, 9.17) is 7.98 Å². The average Bonchev–Trinajstić information content (AvgIpc) is 2.72. The number of benzene rings is 1. The molecule has 1 aliphatic heterocycles.